The second kappa shape index (κ2) is 8.16. The number of aliphatic hydroxyl groups excluding tert-OH is 1. The van der Waals surface area contributed by atoms with Gasteiger partial charge in [0, 0.05) is 18.5 Å². The standard InChI is InChI=1S/C25H24N4O2/c1-4-7-20(15(2)16(3)30)17-10-11-22-21(12-17)23(28-25(26)27-22)24(31)29-13-18-8-5-6-9-19(18)14-29/h4-12,16,30H,1-2,13-14H2,3H3,(H2,26,27,28). The fraction of sp³-hybridized carbons (Fsp3) is 0.160. The molecule has 3 N–H and O–H groups in total. The Kier molecular flexibility index (Phi) is 5.40. The van der Waals surface area contributed by atoms with Crippen LogP contribution in [-0.4, -0.2) is 32.0 Å². The Morgan fingerprint density at radius 3 is 2.48 bits per heavy atom. The number of carbonyl (C=O) groups excluding carboxylic acids is 1. The molecule has 6 nitrogen and oxygen atoms in total. The van der Waals surface area contributed by atoms with E-state index >= 15 is 0 Å². The fourth-order valence-electron chi connectivity index (χ4n) is 3.84. The molecule has 6 heteroatoms. The van der Waals surface area contributed by atoms with Crippen molar-refractivity contribution in [2.24, 2.45) is 0 Å². The predicted octanol–water partition coefficient (Wildman–Crippen LogP) is 3.87. The molecule has 4 rings (SSSR count). The zero-order valence-corrected chi connectivity index (χ0v) is 17.4. The molecule has 2 aromatic carbocycles. The summed E-state index contributed by atoms with van der Waals surface area (Å²) in [5.41, 5.74) is 11.1. The molecule has 2 heterocycles. The average Bonchev–Trinajstić information content (AvgIpc) is 3.20. The van der Waals surface area contributed by atoms with E-state index in [2.05, 4.69) is 23.1 Å². The summed E-state index contributed by atoms with van der Waals surface area (Å²) < 4.78 is 0. The van der Waals surface area contributed by atoms with E-state index in [0.717, 1.165) is 22.3 Å². The number of rotatable bonds is 5. The van der Waals surface area contributed by atoms with E-state index in [1.807, 2.05) is 36.4 Å². The third-order valence-electron chi connectivity index (χ3n) is 5.49. The van der Waals surface area contributed by atoms with E-state index in [9.17, 15) is 9.90 Å². The quantitative estimate of drug-likeness (QED) is 0.621. The largest absolute Gasteiger partial charge is 0.389 e. The van der Waals surface area contributed by atoms with Gasteiger partial charge in [-0.05, 0) is 46.9 Å². The van der Waals surface area contributed by atoms with Crippen LogP contribution in [0.25, 0.3) is 16.5 Å². The third kappa shape index (κ3) is 3.85. The minimum atomic E-state index is -0.728. The van der Waals surface area contributed by atoms with Crippen molar-refractivity contribution in [1.29, 1.82) is 0 Å². The number of aromatic nitrogens is 2. The number of fused-ring (bicyclic) bond motifs is 2. The highest BCUT2D eigenvalue weighted by atomic mass is 16.3. The highest BCUT2D eigenvalue weighted by molar-refractivity contribution is 6.05. The molecule has 1 aromatic heterocycles. The van der Waals surface area contributed by atoms with Crippen LogP contribution >= 0.6 is 0 Å². The van der Waals surface area contributed by atoms with Crippen LogP contribution in [-0.2, 0) is 13.1 Å². The Labute approximate surface area is 181 Å². The molecule has 1 aliphatic rings. The summed E-state index contributed by atoms with van der Waals surface area (Å²) in [6.07, 6.45) is 2.70. The Morgan fingerprint density at radius 1 is 1.19 bits per heavy atom. The molecule has 3 aromatic rings. The molecule has 0 spiro atoms. The number of aliphatic hydroxyl groups is 1. The van der Waals surface area contributed by atoms with Crippen molar-refractivity contribution >= 4 is 28.3 Å². The van der Waals surface area contributed by atoms with Crippen LogP contribution in [0.15, 0.2) is 73.3 Å². The van der Waals surface area contributed by atoms with Gasteiger partial charge in [-0.3, -0.25) is 4.79 Å². The number of nitrogen functional groups attached to an aromatic ring is 1. The summed E-state index contributed by atoms with van der Waals surface area (Å²) in [5.74, 6) is -0.147. The van der Waals surface area contributed by atoms with Gasteiger partial charge in [-0.15, -0.1) is 0 Å². The second-order valence-corrected chi connectivity index (χ2v) is 7.61. The number of hydrogen-bond donors (Lipinski definition) is 2. The van der Waals surface area contributed by atoms with Crippen molar-refractivity contribution in [3.63, 3.8) is 0 Å². The number of carbonyl (C=O) groups is 1. The van der Waals surface area contributed by atoms with Gasteiger partial charge in [0.05, 0.1) is 11.6 Å². The van der Waals surface area contributed by atoms with E-state index < -0.39 is 6.10 Å². The molecular formula is C25H24N4O2. The maximum absolute atomic E-state index is 13.4. The molecule has 0 radical (unpaired) electrons. The number of nitrogens with two attached hydrogens (primary N) is 1. The van der Waals surface area contributed by atoms with Crippen molar-refractivity contribution in [3.05, 3.63) is 95.7 Å². The van der Waals surface area contributed by atoms with Crippen LogP contribution in [0, 0.1) is 0 Å². The zero-order valence-electron chi connectivity index (χ0n) is 17.4. The van der Waals surface area contributed by atoms with Gasteiger partial charge in [-0.2, -0.15) is 0 Å². The monoisotopic (exact) mass is 412 g/mol. The molecule has 0 fully saturated rings. The van der Waals surface area contributed by atoms with Gasteiger partial charge >= 0.3 is 0 Å². The molecule has 1 atom stereocenters. The van der Waals surface area contributed by atoms with Crippen LogP contribution in [0.1, 0.15) is 34.1 Å². The lowest BCUT2D eigenvalue weighted by molar-refractivity contribution is 0.0747. The van der Waals surface area contributed by atoms with Crippen molar-refractivity contribution < 1.29 is 9.90 Å². The molecule has 0 saturated carbocycles. The van der Waals surface area contributed by atoms with Gasteiger partial charge in [-0.25, -0.2) is 9.97 Å². The summed E-state index contributed by atoms with van der Waals surface area (Å²) >= 11 is 0. The van der Waals surface area contributed by atoms with Crippen molar-refractivity contribution in [2.75, 3.05) is 5.73 Å². The molecular weight excluding hydrogens is 388 g/mol. The summed E-state index contributed by atoms with van der Waals surface area (Å²) in [7, 11) is 0. The van der Waals surface area contributed by atoms with Crippen LogP contribution in [0.3, 0.4) is 0 Å². The molecule has 0 aliphatic carbocycles. The van der Waals surface area contributed by atoms with Crippen LogP contribution < -0.4 is 5.73 Å². The van der Waals surface area contributed by atoms with Crippen molar-refractivity contribution in [2.45, 2.75) is 26.1 Å². The predicted molar refractivity (Wildman–Crippen MR) is 123 cm³/mol. The Hall–Kier alpha value is -3.77. The SMILES string of the molecule is C=CC=C(C(=C)C(C)O)c1ccc2nc(N)nc(C(=O)N3Cc4ccccc4C3)c2c1. The number of amides is 1. The Bertz CT molecular complexity index is 1220. The normalized spacial score (nSPS) is 14.4. The lowest BCUT2D eigenvalue weighted by Gasteiger charge is -2.18. The highest BCUT2D eigenvalue weighted by Crippen LogP contribution is 2.30. The van der Waals surface area contributed by atoms with Gasteiger partial charge in [0.15, 0.2) is 0 Å². The van der Waals surface area contributed by atoms with Crippen molar-refractivity contribution in [3.8, 4) is 0 Å². The summed E-state index contributed by atoms with van der Waals surface area (Å²) in [4.78, 5) is 23.8. The van der Waals surface area contributed by atoms with Gasteiger partial charge in [-0.1, -0.05) is 55.6 Å². The minimum absolute atomic E-state index is 0.0514. The molecule has 0 saturated heterocycles. The maximum Gasteiger partial charge on any atom is 0.273 e. The lowest BCUT2D eigenvalue weighted by atomic mass is 9.94. The number of allylic oxidation sites excluding steroid dienone is 2. The van der Waals surface area contributed by atoms with Crippen LogP contribution in [0.4, 0.5) is 5.95 Å². The molecule has 1 unspecified atom stereocenters. The first-order valence-electron chi connectivity index (χ1n) is 10.0. The lowest BCUT2D eigenvalue weighted by Crippen LogP contribution is -2.27. The van der Waals surface area contributed by atoms with Crippen LogP contribution in [0.2, 0.25) is 0 Å². The Morgan fingerprint density at radius 2 is 1.87 bits per heavy atom. The first kappa shape index (κ1) is 20.5. The van der Waals surface area contributed by atoms with Gasteiger partial charge in [0.1, 0.15) is 5.69 Å². The molecule has 1 amide bonds. The Balaban J connectivity index is 1.79. The van der Waals surface area contributed by atoms with Gasteiger partial charge in [0.25, 0.3) is 5.91 Å². The average molecular weight is 412 g/mol. The number of hydrogen-bond acceptors (Lipinski definition) is 5. The van der Waals surface area contributed by atoms with Crippen LogP contribution in [0.5, 0.6) is 0 Å². The number of benzene rings is 2. The summed E-state index contributed by atoms with van der Waals surface area (Å²) in [5, 5.41) is 10.6. The van der Waals surface area contributed by atoms with E-state index in [0.29, 0.717) is 29.6 Å². The second-order valence-electron chi connectivity index (χ2n) is 7.61. The van der Waals surface area contributed by atoms with Crippen molar-refractivity contribution in [1.82, 2.24) is 14.9 Å². The summed E-state index contributed by atoms with van der Waals surface area (Å²) in [6.45, 7) is 10.5. The molecule has 1 aliphatic heterocycles. The summed E-state index contributed by atoms with van der Waals surface area (Å²) in [6, 6.07) is 13.5. The van der Waals surface area contributed by atoms with Gasteiger partial charge < -0.3 is 15.7 Å². The molecule has 156 valence electrons. The topological polar surface area (TPSA) is 92.3 Å². The highest BCUT2D eigenvalue weighted by Gasteiger charge is 2.27. The van der Waals surface area contributed by atoms with E-state index in [1.54, 1.807) is 30.0 Å². The molecule has 31 heavy (non-hydrogen) atoms. The van der Waals surface area contributed by atoms with E-state index in [-0.39, 0.29) is 17.5 Å². The number of nitrogens with zero attached hydrogens (tertiary/aromatic N) is 3. The zero-order chi connectivity index (χ0) is 22.1. The third-order valence-corrected chi connectivity index (χ3v) is 5.49. The maximum atomic E-state index is 13.4. The minimum Gasteiger partial charge on any atom is -0.389 e. The number of anilines is 1. The first-order chi connectivity index (χ1) is 14.9. The smallest absolute Gasteiger partial charge is 0.273 e. The van der Waals surface area contributed by atoms with E-state index in [1.165, 1.54) is 0 Å². The first-order valence-corrected chi connectivity index (χ1v) is 10.0. The van der Waals surface area contributed by atoms with E-state index in [4.69, 9.17) is 5.73 Å². The molecule has 0 bridgehead atoms. The fourth-order valence-corrected chi connectivity index (χ4v) is 3.84. The van der Waals surface area contributed by atoms with Gasteiger partial charge in [0.2, 0.25) is 5.95 Å².